The van der Waals surface area contributed by atoms with Crippen molar-refractivity contribution in [1.29, 1.82) is 0 Å². The molecule has 17 nitrogen and oxygen atoms in total. The Labute approximate surface area is 268 Å². The van der Waals surface area contributed by atoms with Gasteiger partial charge in [-0.15, -0.1) is 20.3 Å². The molecule has 7 N–H and O–H groups in total. The van der Waals surface area contributed by atoms with Crippen molar-refractivity contribution in [3.8, 4) is 11.1 Å². The van der Waals surface area contributed by atoms with Crippen LogP contribution >= 0.6 is 11.3 Å². The summed E-state index contributed by atoms with van der Waals surface area (Å²) in [5, 5.41) is 17.9. The molecular formula is C27H35N8O9S2+. The molecule has 1 unspecified atom stereocenters. The molecule has 0 saturated carbocycles. The number of β-lactam (4-membered cyclic amide) rings is 1. The lowest BCUT2D eigenvalue weighted by Gasteiger charge is -2.50. The summed E-state index contributed by atoms with van der Waals surface area (Å²) in [6.07, 6.45) is 3.77. The standard InChI is InChI=1S/C27H34N8O9S2/c1-27(2)22(24(37)35(27)44-46(40,41)42)31-23(36)21(19-15-45-26(29)30-19)32-43-20(25(38)39)10-7-16-5-8-17(9-6-16)18-13-33(3)34(14-18)12-4-11-28/h5-6,8-9,13-15,20,22H,4,7,10-12,28H2,1-3H3,(H4-,29,30,31,36,38,39,40,41,42)/p+1/t20?,22-/m1/s1. The average Bonchev–Trinajstić information content (AvgIpc) is 3.59. The number of nitrogens with zero attached hydrogens (tertiary/aromatic N) is 5. The maximum absolute atomic E-state index is 13.2. The van der Waals surface area contributed by atoms with Crippen molar-refractivity contribution in [2.75, 3.05) is 12.3 Å². The van der Waals surface area contributed by atoms with Gasteiger partial charge in [0.25, 0.3) is 11.8 Å². The lowest BCUT2D eigenvalue weighted by molar-refractivity contribution is -0.753. The van der Waals surface area contributed by atoms with Crippen molar-refractivity contribution in [2.24, 2.45) is 17.9 Å². The highest BCUT2D eigenvalue weighted by molar-refractivity contribution is 7.80. The summed E-state index contributed by atoms with van der Waals surface area (Å²) in [4.78, 5) is 47.1. The number of nitrogens with one attached hydrogen (secondary N) is 1. The van der Waals surface area contributed by atoms with E-state index in [1.165, 1.54) is 19.2 Å². The number of carboxylic acids is 1. The number of nitrogens with two attached hydrogens (primary N) is 2. The van der Waals surface area contributed by atoms with Crippen LogP contribution in [0.2, 0.25) is 0 Å². The molecule has 1 fully saturated rings. The molecule has 19 heteroatoms. The molecule has 2 atom stereocenters. The maximum atomic E-state index is 13.2. The van der Waals surface area contributed by atoms with Gasteiger partial charge in [-0.05, 0) is 44.4 Å². The Morgan fingerprint density at radius 1 is 1.26 bits per heavy atom. The number of thiazole rings is 1. The molecule has 0 bridgehead atoms. The fourth-order valence-electron chi connectivity index (χ4n) is 4.70. The Kier molecular flexibility index (Phi) is 10.4. The second kappa shape index (κ2) is 13.9. The minimum atomic E-state index is -5.00. The number of aryl methyl sites for hydroxylation is 3. The summed E-state index contributed by atoms with van der Waals surface area (Å²) < 4.78 is 39.5. The van der Waals surface area contributed by atoms with Crippen LogP contribution in [0.1, 0.15) is 37.9 Å². The summed E-state index contributed by atoms with van der Waals surface area (Å²) in [6, 6.07) is 6.35. The van der Waals surface area contributed by atoms with Crippen LogP contribution < -0.4 is 21.5 Å². The third kappa shape index (κ3) is 8.04. The minimum Gasteiger partial charge on any atom is -0.478 e. The molecule has 0 aliphatic carbocycles. The lowest BCUT2D eigenvalue weighted by Crippen LogP contribution is -2.76. The van der Waals surface area contributed by atoms with Crippen molar-refractivity contribution in [3.05, 3.63) is 53.3 Å². The predicted molar refractivity (Wildman–Crippen MR) is 164 cm³/mol. The van der Waals surface area contributed by atoms with E-state index in [2.05, 4.69) is 24.4 Å². The number of carboxylic acid groups (broad SMARTS) is 1. The van der Waals surface area contributed by atoms with Gasteiger partial charge < -0.3 is 26.7 Å². The van der Waals surface area contributed by atoms with E-state index in [4.69, 9.17) is 20.9 Å². The molecule has 1 aliphatic heterocycles. The zero-order valence-electron chi connectivity index (χ0n) is 25.2. The number of aromatic nitrogens is 3. The zero-order chi connectivity index (χ0) is 33.8. The Morgan fingerprint density at radius 2 is 1.96 bits per heavy atom. The molecule has 2 aromatic heterocycles. The summed E-state index contributed by atoms with van der Waals surface area (Å²) in [5.41, 5.74) is 12.3. The third-order valence-corrected chi connectivity index (χ3v) is 8.25. The SMILES string of the molecule is C[n+]1cc(-c2ccc(CCC(ON=C(C(=O)N[C@@H]3C(=O)N(OS(=O)(=O)O)C3(C)C)c3csc(N)n3)C(=O)O)cc2)cn1CCCN. The Hall–Kier alpha value is -4.43. The molecule has 3 heterocycles. The van der Waals surface area contributed by atoms with Crippen molar-refractivity contribution in [3.63, 3.8) is 0 Å². The molecular weight excluding hydrogens is 644 g/mol. The number of carbonyl (C=O) groups is 3. The van der Waals surface area contributed by atoms with E-state index in [1.54, 1.807) is 0 Å². The number of rotatable bonds is 15. The fraction of sp³-hybridized carbons (Fsp3) is 0.407. The molecule has 0 spiro atoms. The van der Waals surface area contributed by atoms with Crippen LogP contribution in [0.15, 0.2) is 47.2 Å². The summed E-state index contributed by atoms with van der Waals surface area (Å²) in [6.45, 7) is 4.15. The molecule has 2 amide bonds. The van der Waals surface area contributed by atoms with Gasteiger partial charge in [-0.1, -0.05) is 29.4 Å². The zero-order valence-corrected chi connectivity index (χ0v) is 26.8. The van der Waals surface area contributed by atoms with E-state index in [0.29, 0.717) is 18.0 Å². The van der Waals surface area contributed by atoms with Crippen LogP contribution in [0.5, 0.6) is 0 Å². The molecule has 1 aromatic carbocycles. The maximum Gasteiger partial charge on any atom is 0.418 e. The number of hydrogen-bond acceptors (Lipinski definition) is 12. The molecule has 1 aliphatic rings. The van der Waals surface area contributed by atoms with Crippen molar-refractivity contribution in [2.45, 2.75) is 57.3 Å². The molecule has 248 valence electrons. The first kappa shape index (κ1) is 34.4. The van der Waals surface area contributed by atoms with Gasteiger partial charge in [0.05, 0.1) is 23.8 Å². The lowest BCUT2D eigenvalue weighted by atomic mass is 9.84. The van der Waals surface area contributed by atoms with Crippen molar-refractivity contribution in [1.82, 2.24) is 20.0 Å². The Balaban J connectivity index is 1.44. The topological polar surface area (TPSA) is 246 Å². The van der Waals surface area contributed by atoms with Crippen molar-refractivity contribution >= 4 is 50.4 Å². The van der Waals surface area contributed by atoms with Gasteiger partial charge in [-0.25, -0.2) is 9.78 Å². The van der Waals surface area contributed by atoms with Gasteiger partial charge in [0.1, 0.15) is 11.7 Å². The van der Waals surface area contributed by atoms with E-state index >= 15 is 0 Å². The average molecular weight is 680 g/mol. The van der Waals surface area contributed by atoms with Gasteiger partial charge in [-0.2, -0.15) is 18.2 Å². The van der Waals surface area contributed by atoms with E-state index in [9.17, 15) is 27.9 Å². The number of carbonyl (C=O) groups excluding carboxylic acids is 2. The number of aliphatic carboxylic acids is 1. The van der Waals surface area contributed by atoms with Crippen LogP contribution in [0.4, 0.5) is 5.13 Å². The third-order valence-electron chi connectivity index (χ3n) is 7.24. The van der Waals surface area contributed by atoms with Gasteiger partial charge in [0.2, 0.25) is 12.3 Å². The normalized spacial score (nSPS) is 17.0. The fourth-order valence-corrected chi connectivity index (χ4v) is 5.71. The van der Waals surface area contributed by atoms with Crippen LogP contribution in [-0.2, 0) is 53.9 Å². The van der Waals surface area contributed by atoms with E-state index in [0.717, 1.165) is 41.0 Å². The molecule has 46 heavy (non-hydrogen) atoms. The van der Waals surface area contributed by atoms with Crippen LogP contribution in [0.25, 0.3) is 11.1 Å². The number of hydrogen-bond donors (Lipinski definition) is 5. The first-order chi connectivity index (χ1) is 21.6. The largest absolute Gasteiger partial charge is 0.478 e. The number of nitrogen functional groups attached to an aromatic ring is 1. The van der Waals surface area contributed by atoms with Gasteiger partial charge in [-0.3, -0.25) is 14.1 Å². The monoisotopic (exact) mass is 679 g/mol. The second-order valence-corrected chi connectivity index (χ2v) is 12.9. The van der Waals surface area contributed by atoms with Gasteiger partial charge in [0.15, 0.2) is 17.9 Å². The van der Waals surface area contributed by atoms with Gasteiger partial charge in [0, 0.05) is 11.8 Å². The molecule has 0 radical (unpaired) electrons. The predicted octanol–water partition coefficient (Wildman–Crippen LogP) is 0.0138. The highest BCUT2D eigenvalue weighted by atomic mass is 32.3. The summed E-state index contributed by atoms with van der Waals surface area (Å²) in [5.74, 6) is -3.27. The molecule has 1 saturated heterocycles. The molecule has 4 rings (SSSR count). The summed E-state index contributed by atoms with van der Waals surface area (Å²) in [7, 11) is -3.05. The van der Waals surface area contributed by atoms with E-state index in [1.807, 2.05) is 48.4 Å². The van der Waals surface area contributed by atoms with E-state index in [-0.39, 0.29) is 17.2 Å². The van der Waals surface area contributed by atoms with Crippen LogP contribution in [0.3, 0.4) is 0 Å². The Morgan fingerprint density at radius 3 is 2.52 bits per heavy atom. The van der Waals surface area contributed by atoms with Crippen molar-refractivity contribution < 1.29 is 46.3 Å². The van der Waals surface area contributed by atoms with E-state index < -0.39 is 51.6 Å². The number of benzene rings is 1. The second-order valence-electron chi connectivity index (χ2n) is 11.0. The van der Waals surface area contributed by atoms with Crippen LogP contribution in [0, 0.1) is 0 Å². The number of amides is 2. The summed E-state index contributed by atoms with van der Waals surface area (Å²) >= 11 is 0.985. The highest BCUT2D eigenvalue weighted by Crippen LogP contribution is 2.33. The minimum absolute atomic E-state index is 0.00673. The van der Waals surface area contributed by atoms with Crippen LogP contribution in [-0.4, -0.2) is 80.5 Å². The first-order valence-electron chi connectivity index (χ1n) is 14.0. The number of anilines is 1. The van der Waals surface area contributed by atoms with Gasteiger partial charge >= 0.3 is 16.4 Å². The smallest absolute Gasteiger partial charge is 0.418 e. The Bertz CT molecular complexity index is 1740. The number of oxime groups is 1. The first-order valence-corrected chi connectivity index (χ1v) is 16.2. The molecule has 3 aromatic rings. The number of hydroxylamine groups is 2. The highest BCUT2D eigenvalue weighted by Gasteiger charge is 2.58. The quantitative estimate of drug-likeness (QED) is 0.0469.